The highest BCUT2D eigenvalue weighted by molar-refractivity contribution is 5.58. The molecule has 0 saturated heterocycles. The van der Waals surface area contributed by atoms with Gasteiger partial charge in [0.2, 0.25) is 0 Å². The van der Waals surface area contributed by atoms with E-state index in [1.165, 1.54) is 0 Å². The highest BCUT2D eigenvalue weighted by Gasteiger charge is 2.27. The summed E-state index contributed by atoms with van der Waals surface area (Å²) in [5, 5.41) is 11.7. The molecular weight excluding hydrogens is 204 g/mol. The molecule has 1 unspecified atom stereocenters. The van der Waals surface area contributed by atoms with Gasteiger partial charge in [0, 0.05) is 0 Å². The minimum Gasteiger partial charge on any atom is -0.358 e. The van der Waals surface area contributed by atoms with Crippen LogP contribution in [0.2, 0.25) is 0 Å². The van der Waals surface area contributed by atoms with Crippen LogP contribution >= 0.6 is 0 Å². The zero-order chi connectivity index (χ0) is 11.1. The van der Waals surface area contributed by atoms with Crippen LogP contribution in [0.3, 0.4) is 0 Å². The largest absolute Gasteiger partial charge is 0.358 e. The standard InChI is InChI=1S/C10H12N6/c1-3-7-10-15-14-6(2)16(10)8-4-11-5-12-9(8)13-7/h4-5,7H,3H2,1-2H3,(H,11,12,13). The fourth-order valence-electron chi connectivity index (χ4n) is 2.01. The van der Waals surface area contributed by atoms with Crippen molar-refractivity contribution in [2.45, 2.75) is 26.3 Å². The van der Waals surface area contributed by atoms with Crippen molar-refractivity contribution < 1.29 is 0 Å². The Kier molecular flexibility index (Phi) is 1.89. The molecular formula is C10H12N6. The van der Waals surface area contributed by atoms with Crippen LogP contribution < -0.4 is 5.32 Å². The summed E-state index contributed by atoms with van der Waals surface area (Å²) in [5.41, 5.74) is 0.921. The van der Waals surface area contributed by atoms with Crippen LogP contribution in [0.25, 0.3) is 5.69 Å². The Balaban J connectivity index is 2.27. The summed E-state index contributed by atoms with van der Waals surface area (Å²) in [6.07, 6.45) is 4.27. The van der Waals surface area contributed by atoms with Gasteiger partial charge >= 0.3 is 0 Å². The molecule has 1 aliphatic rings. The van der Waals surface area contributed by atoms with Gasteiger partial charge in [0.15, 0.2) is 11.6 Å². The Morgan fingerprint density at radius 3 is 3.12 bits per heavy atom. The highest BCUT2D eigenvalue weighted by atomic mass is 15.3. The minimum atomic E-state index is 0.170. The number of nitrogens with one attached hydrogen (secondary N) is 1. The smallest absolute Gasteiger partial charge is 0.160 e. The summed E-state index contributed by atoms with van der Waals surface area (Å²) in [7, 11) is 0. The number of nitrogens with zero attached hydrogens (tertiary/aromatic N) is 5. The van der Waals surface area contributed by atoms with Gasteiger partial charge < -0.3 is 5.32 Å². The molecule has 0 aromatic carbocycles. The van der Waals surface area contributed by atoms with Gasteiger partial charge in [0.1, 0.15) is 17.8 Å². The summed E-state index contributed by atoms with van der Waals surface area (Å²) in [5.74, 6) is 2.64. The molecule has 0 fully saturated rings. The second-order valence-corrected chi connectivity index (χ2v) is 3.80. The van der Waals surface area contributed by atoms with Gasteiger partial charge in [-0.2, -0.15) is 0 Å². The third-order valence-electron chi connectivity index (χ3n) is 2.81. The van der Waals surface area contributed by atoms with Crippen LogP contribution in [-0.4, -0.2) is 24.7 Å². The molecule has 0 aliphatic carbocycles. The van der Waals surface area contributed by atoms with Crippen molar-refractivity contribution in [3.8, 4) is 5.69 Å². The molecule has 6 heteroatoms. The van der Waals surface area contributed by atoms with Crippen LogP contribution in [-0.2, 0) is 0 Å². The van der Waals surface area contributed by atoms with Crippen LogP contribution in [0.1, 0.15) is 31.0 Å². The average Bonchev–Trinajstić information content (AvgIpc) is 2.71. The Hall–Kier alpha value is -1.98. The Morgan fingerprint density at radius 2 is 2.31 bits per heavy atom. The second-order valence-electron chi connectivity index (χ2n) is 3.80. The first-order chi connectivity index (χ1) is 7.81. The molecule has 0 spiro atoms. The maximum absolute atomic E-state index is 4.24. The molecule has 1 atom stereocenters. The number of hydrogen-bond acceptors (Lipinski definition) is 5. The van der Waals surface area contributed by atoms with Crippen molar-refractivity contribution in [1.82, 2.24) is 24.7 Å². The molecule has 16 heavy (non-hydrogen) atoms. The van der Waals surface area contributed by atoms with Gasteiger partial charge in [-0.05, 0) is 13.3 Å². The van der Waals surface area contributed by atoms with E-state index in [2.05, 4.69) is 32.4 Å². The van der Waals surface area contributed by atoms with Crippen LogP contribution in [0.4, 0.5) is 5.82 Å². The zero-order valence-corrected chi connectivity index (χ0v) is 9.18. The normalized spacial score (nSPS) is 17.5. The quantitative estimate of drug-likeness (QED) is 0.776. The van der Waals surface area contributed by atoms with E-state index < -0.39 is 0 Å². The summed E-state index contributed by atoms with van der Waals surface area (Å²) in [6.45, 7) is 4.05. The lowest BCUT2D eigenvalue weighted by molar-refractivity contribution is 0.648. The Labute approximate surface area is 92.8 Å². The van der Waals surface area contributed by atoms with E-state index in [-0.39, 0.29) is 6.04 Å². The van der Waals surface area contributed by atoms with E-state index in [4.69, 9.17) is 0 Å². The van der Waals surface area contributed by atoms with Crippen molar-refractivity contribution in [3.63, 3.8) is 0 Å². The fraction of sp³-hybridized carbons (Fsp3) is 0.400. The Bertz CT molecular complexity index is 532. The number of aryl methyl sites for hydroxylation is 1. The summed E-state index contributed by atoms with van der Waals surface area (Å²) < 4.78 is 2.01. The van der Waals surface area contributed by atoms with Crippen LogP contribution in [0, 0.1) is 6.92 Å². The minimum absolute atomic E-state index is 0.170. The number of fused-ring (bicyclic) bond motifs is 3. The van der Waals surface area contributed by atoms with Crippen LogP contribution in [0.15, 0.2) is 12.5 Å². The van der Waals surface area contributed by atoms with Gasteiger partial charge in [0.05, 0.1) is 12.2 Å². The Morgan fingerprint density at radius 1 is 1.44 bits per heavy atom. The van der Waals surface area contributed by atoms with Crippen molar-refractivity contribution in [1.29, 1.82) is 0 Å². The fourth-order valence-corrected chi connectivity index (χ4v) is 2.01. The maximum Gasteiger partial charge on any atom is 0.160 e. The summed E-state index contributed by atoms with van der Waals surface area (Å²) >= 11 is 0. The predicted octanol–water partition coefficient (Wildman–Crippen LogP) is 1.24. The molecule has 6 nitrogen and oxygen atoms in total. The number of aromatic nitrogens is 5. The van der Waals surface area contributed by atoms with Gasteiger partial charge in [-0.25, -0.2) is 9.97 Å². The highest BCUT2D eigenvalue weighted by Crippen LogP contribution is 2.31. The lowest BCUT2D eigenvalue weighted by Crippen LogP contribution is -2.23. The van der Waals surface area contributed by atoms with Gasteiger partial charge in [-0.3, -0.25) is 4.57 Å². The topological polar surface area (TPSA) is 68.5 Å². The number of rotatable bonds is 1. The number of anilines is 1. The van der Waals surface area contributed by atoms with Crippen molar-refractivity contribution in [2.24, 2.45) is 0 Å². The maximum atomic E-state index is 4.24. The van der Waals surface area contributed by atoms with Crippen molar-refractivity contribution in [3.05, 3.63) is 24.2 Å². The van der Waals surface area contributed by atoms with Gasteiger partial charge in [-0.1, -0.05) is 6.92 Å². The van der Waals surface area contributed by atoms with E-state index in [0.29, 0.717) is 0 Å². The van der Waals surface area contributed by atoms with E-state index in [9.17, 15) is 0 Å². The van der Waals surface area contributed by atoms with Crippen molar-refractivity contribution in [2.75, 3.05) is 5.32 Å². The van der Waals surface area contributed by atoms with Crippen molar-refractivity contribution >= 4 is 5.82 Å². The van der Waals surface area contributed by atoms with E-state index in [1.54, 1.807) is 12.5 Å². The molecule has 0 saturated carbocycles. The first-order valence-corrected chi connectivity index (χ1v) is 5.30. The van der Waals surface area contributed by atoms with E-state index in [1.807, 2.05) is 11.5 Å². The monoisotopic (exact) mass is 216 g/mol. The molecule has 3 rings (SSSR count). The molecule has 2 aromatic rings. The average molecular weight is 216 g/mol. The second kappa shape index (κ2) is 3.26. The van der Waals surface area contributed by atoms with Gasteiger partial charge in [-0.15, -0.1) is 10.2 Å². The number of hydrogen-bond donors (Lipinski definition) is 1. The SMILES string of the molecule is CCC1Nc2ncncc2-n2c(C)nnc21. The molecule has 3 heterocycles. The molecule has 1 N–H and O–H groups in total. The lowest BCUT2D eigenvalue weighted by Gasteiger charge is -2.25. The van der Waals surface area contributed by atoms with E-state index in [0.717, 1.165) is 29.6 Å². The molecule has 0 bridgehead atoms. The molecule has 0 amide bonds. The first-order valence-electron chi connectivity index (χ1n) is 5.30. The van der Waals surface area contributed by atoms with Crippen LogP contribution in [0.5, 0.6) is 0 Å². The molecule has 2 aromatic heterocycles. The third-order valence-corrected chi connectivity index (χ3v) is 2.81. The summed E-state index contributed by atoms with van der Waals surface area (Å²) in [4.78, 5) is 8.28. The zero-order valence-electron chi connectivity index (χ0n) is 9.18. The molecule has 0 radical (unpaired) electrons. The van der Waals surface area contributed by atoms with E-state index >= 15 is 0 Å². The first kappa shape index (κ1) is 9.26. The lowest BCUT2D eigenvalue weighted by atomic mass is 10.1. The predicted molar refractivity (Wildman–Crippen MR) is 58.3 cm³/mol. The third kappa shape index (κ3) is 1.13. The molecule has 82 valence electrons. The molecule has 1 aliphatic heterocycles. The van der Waals surface area contributed by atoms with Gasteiger partial charge in [0.25, 0.3) is 0 Å². The summed E-state index contributed by atoms with van der Waals surface area (Å²) in [6, 6.07) is 0.170.